The molecule has 0 radical (unpaired) electrons. The second-order valence-corrected chi connectivity index (χ2v) is 9.58. The first-order chi connectivity index (χ1) is 19.0. The molecule has 5 rings (SSSR count). The van der Waals surface area contributed by atoms with Crippen LogP contribution in [0.15, 0.2) is 77.7 Å². The summed E-state index contributed by atoms with van der Waals surface area (Å²) in [4.78, 5) is 25.7. The molecule has 0 saturated carbocycles. The first-order valence-corrected chi connectivity index (χ1v) is 13.0. The predicted molar refractivity (Wildman–Crippen MR) is 149 cm³/mol. The Morgan fingerprint density at radius 2 is 1.74 bits per heavy atom. The van der Waals surface area contributed by atoms with Crippen molar-refractivity contribution in [2.45, 2.75) is 46.1 Å². The number of aromatic nitrogens is 6. The standard InChI is InChI=1S/C30H30N6O3/c1-3-4-5-10-23-19-36(27-20(2)9-8-13-26(27)29(37)38)30(39)35(23)18-21-14-16-22(17-15-21)24-11-6-7-12-25(24)28-31-33-34-32-28/h6-9,11-17,19H,3-5,10,18H2,1-2H3,(H,37,38)(H,31,32,33,34). The van der Waals surface area contributed by atoms with Gasteiger partial charge in [0, 0.05) is 17.5 Å². The van der Waals surface area contributed by atoms with Crippen molar-refractivity contribution in [2.24, 2.45) is 0 Å². The zero-order valence-corrected chi connectivity index (χ0v) is 22.0. The Labute approximate surface area is 225 Å². The molecular weight excluding hydrogens is 492 g/mol. The third-order valence-corrected chi connectivity index (χ3v) is 6.94. The average Bonchev–Trinajstić information content (AvgIpc) is 3.58. The summed E-state index contributed by atoms with van der Waals surface area (Å²) < 4.78 is 3.26. The van der Waals surface area contributed by atoms with E-state index in [1.165, 1.54) is 10.6 Å². The summed E-state index contributed by atoms with van der Waals surface area (Å²) >= 11 is 0. The van der Waals surface area contributed by atoms with Crippen LogP contribution in [0, 0.1) is 6.92 Å². The number of aromatic amines is 1. The molecule has 0 bridgehead atoms. The van der Waals surface area contributed by atoms with Crippen molar-refractivity contribution in [1.82, 2.24) is 29.8 Å². The molecule has 9 nitrogen and oxygen atoms in total. The number of aryl methyl sites for hydroxylation is 2. The largest absolute Gasteiger partial charge is 0.478 e. The number of nitrogens with zero attached hydrogens (tertiary/aromatic N) is 5. The Bertz CT molecular complexity index is 1650. The maximum Gasteiger partial charge on any atom is 0.337 e. The lowest BCUT2D eigenvalue weighted by atomic mass is 9.98. The van der Waals surface area contributed by atoms with Crippen molar-refractivity contribution >= 4 is 5.97 Å². The molecule has 2 aromatic heterocycles. The number of aromatic carboxylic acids is 1. The number of hydrogen-bond acceptors (Lipinski definition) is 5. The summed E-state index contributed by atoms with van der Waals surface area (Å²) in [6, 6.07) is 21.0. The summed E-state index contributed by atoms with van der Waals surface area (Å²) in [5, 5.41) is 24.1. The predicted octanol–water partition coefficient (Wildman–Crippen LogP) is 5.27. The van der Waals surface area contributed by atoms with Gasteiger partial charge in [-0.2, -0.15) is 0 Å². The number of unbranched alkanes of at least 4 members (excludes halogenated alkanes) is 2. The van der Waals surface area contributed by atoms with Crippen molar-refractivity contribution in [3.8, 4) is 28.2 Å². The fraction of sp³-hybridized carbons (Fsp3) is 0.233. The molecule has 0 aliphatic heterocycles. The highest BCUT2D eigenvalue weighted by atomic mass is 16.4. The molecular formula is C30H30N6O3. The fourth-order valence-electron chi connectivity index (χ4n) is 4.95. The summed E-state index contributed by atoms with van der Waals surface area (Å²) in [7, 11) is 0. The molecule has 9 heteroatoms. The number of rotatable bonds is 10. The molecule has 198 valence electrons. The van der Waals surface area contributed by atoms with Crippen molar-refractivity contribution in [3.05, 3.63) is 106 Å². The van der Waals surface area contributed by atoms with Gasteiger partial charge in [0.15, 0.2) is 5.82 Å². The Balaban J connectivity index is 1.51. The molecule has 0 unspecified atom stereocenters. The quantitative estimate of drug-likeness (QED) is 0.241. The van der Waals surface area contributed by atoms with Crippen molar-refractivity contribution in [3.63, 3.8) is 0 Å². The third-order valence-electron chi connectivity index (χ3n) is 6.94. The molecule has 39 heavy (non-hydrogen) atoms. The minimum atomic E-state index is -1.06. The number of tetrazole rings is 1. The zero-order chi connectivity index (χ0) is 27.4. The number of carboxylic acids is 1. The molecule has 0 aliphatic rings. The van der Waals surface area contributed by atoms with Crippen LogP contribution in [0.25, 0.3) is 28.2 Å². The monoisotopic (exact) mass is 522 g/mol. The van der Waals surface area contributed by atoms with Gasteiger partial charge in [-0.3, -0.25) is 9.13 Å². The first-order valence-electron chi connectivity index (χ1n) is 13.0. The van der Waals surface area contributed by atoms with E-state index in [-0.39, 0.29) is 11.3 Å². The van der Waals surface area contributed by atoms with Crippen LogP contribution < -0.4 is 5.69 Å². The number of hydrogen-bond donors (Lipinski definition) is 2. The molecule has 0 aliphatic carbocycles. The van der Waals surface area contributed by atoms with Crippen LogP contribution in [0.3, 0.4) is 0 Å². The van der Waals surface area contributed by atoms with Gasteiger partial charge in [0.25, 0.3) is 0 Å². The van der Waals surface area contributed by atoms with Crippen molar-refractivity contribution in [1.29, 1.82) is 0 Å². The highest BCUT2D eigenvalue weighted by Gasteiger charge is 2.20. The van der Waals surface area contributed by atoms with Gasteiger partial charge in [0.1, 0.15) is 0 Å². The Kier molecular flexibility index (Phi) is 7.49. The summed E-state index contributed by atoms with van der Waals surface area (Å²) in [6.07, 6.45) is 5.62. The van der Waals surface area contributed by atoms with Crippen LogP contribution in [0.5, 0.6) is 0 Å². The van der Waals surface area contributed by atoms with Crippen LogP contribution >= 0.6 is 0 Å². The lowest BCUT2D eigenvalue weighted by Gasteiger charge is -2.11. The van der Waals surface area contributed by atoms with Crippen LogP contribution in [0.2, 0.25) is 0 Å². The maximum atomic E-state index is 13.7. The van der Waals surface area contributed by atoms with E-state index < -0.39 is 5.97 Å². The molecule has 0 amide bonds. The smallest absolute Gasteiger partial charge is 0.337 e. The molecule has 0 atom stereocenters. The second kappa shape index (κ2) is 11.3. The topological polar surface area (TPSA) is 119 Å². The first kappa shape index (κ1) is 25.8. The molecule has 2 heterocycles. The van der Waals surface area contributed by atoms with E-state index in [1.807, 2.05) is 67.7 Å². The van der Waals surface area contributed by atoms with Crippen molar-refractivity contribution < 1.29 is 9.90 Å². The van der Waals surface area contributed by atoms with Crippen molar-refractivity contribution in [2.75, 3.05) is 0 Å². The van der Waals surface area contributed by atoms with Crippen LogP contribution in [0.1, 0.15) is 53.4 Å². The molecule has 2 N–H and O–H groups in total. The SMILES string of the molecule is CCCCCc1cn(-c2c(C)cccc2C(=O)O)c(=O)n1Cc1ccc(-c2ccccc2-c2nnn[nH]2)cc1. The van der Waals surface area contributed by atoms with E-state index in [1.54, 1.807) is 10.6 Å². The van der Waals surface area contributed by atoms with Gasteiger partial charge in [0.05, 0.1) is 17.8 Å². The number of H-pyrrole nitrogens is 1. The van der Waals surface area contributed by atoms with E-state index in [2.05, 4.69) is 27.5 Å². The lowest BCUT2D eigenvalue weighted by Crippen LogP contribution is -2.26. The van der Waals surface area contributed by atoms with E-state index in [9.17, 15) is 14.7 Å². The van der Waals surface area contributed by atoms with Crippen LogP contribution in [0.4, 0.5) is 0 Å². The molecule has 0 fully saturated rings. The highest BCUT2D eigenvalue weighted by molar-refractivity contribution is 5.92. The zero-order valence-electron chi connectivity index (χ0n) is 22.0. The number of benzene rings is 3. The minimum Gasteiger partial charge on any atom is -0.478 e. The van der Waals surface area contributed by atoms with E-state index >= 15 is 0 Å². The molecule has 0 saturated heterocycles. The van der Waals surface area contributed by atoms with Crippen LogP contribution in [-0.2, 0) is 13.0 Å². The van der Waals surface area contributed by atoms with Gasteiger partial charge in [-0.25, -0.2) is 14.7 Å². The summed E-state index contributed by atoms with van der Waals surface area (Å²) in [6.45, 7) is 4.35. The van der Waals surface area contributed by atoms with Gasteiger partial charge < -0.3 is 5.11 Å². The van der Waals surface area contributed by atoms with Crippen LogP contribution in [-0.4, -0.2) is 40.8 Å². The maximum absolute atomic E-state index is 13.7. The lowest BCUT2D eigenvalue weighted by molar-refractivity contribution is 0.0696. The second-order valence-electron chi connectivity index (χ2n) is 9.58. The minimum absolute atomic E-state index is 0.110. The number of carboxylic acid groups (broad SMARTS) is 1. The Morgan fingerprint density at radius 1 is 0.974 bits per heavy atom. The fourth-order valence-corrected chi connectivity index (χ4v) is 4.95. The number of nitrogens with one attached hydrogen (secondary N) is 1. The normalized spacial score (nSPS) is 11.1. The van der Waals surface area contributed by atoms with Gasteiger partial charge in [-0.1, -0.05) is 80.4 Å². The number of carbonyl (C=O) groups is 1. The average molecular weight is 523 g/mol. The van der Waals surface area contributed by atoms with Gasteiger partial charge in [0.2, 0.25) is 0 Å². The summed E-state index contributed by atoms with van der Waals surface area (Å²) in [5.74, 6) is -0.464. The molecule has 5 aromatic rings. The van der Waals surface area contributed by atoms with Gasteiger partial charge in [-0.15, -0.1) is 5.10 Å². The Morgan fingerprint density at radius 3 is 2.44 bits per heavy atom. The van der Waals surface area contributed by atoms with Gasteiger partial charge >= 0.3 is 11.7 Å². The third kappa shape index (κ3) is 5.29. The molecule has 3 aromatic carbocycles. The number of para-hydroxylation sites is 1. The molecule has 0 spiro atoms. The Hall–Kier alpha value is -4.79. The highest BCUT2D eigenvalue weighted by Crippen LogP contribution is 2.30. The van der Waals surface area contributed by atoms with Gasteiger partial charge in [-0.05, 0) is 58.5 Å². The van der Waals surface area contributed by atoms with E-state index in [4.69, 9.17) is 0 Å². The summed E-state index contributed by atoms with van der Waals surface area (Å²) in [5.41, 5.74) is 5.77. The van der Waals surface area contributed by atoms with E-state index in [0.717, 1.165) is 59.2 Å². The van der Waals surface area contributed by atoms with E-state index in [0.29, 0.717) is 18.1 Å². The number of imidazole rings is 1.